The van der Waals surface area contributed by atoms with Gasteiger partial charge in [0.1, 0.15) is 5.82 Å². The molecule has 1 aromatic rings. The smallest absolute Gasteiger partial charge is 0.258 e. The van der Waals surface area contributed by atoms with Gasteiger partial charge in [0, 0.05) is 13.1 Å². The molecular weight excluding hydrogens is 317 g/mol. The van der Waals surface area contributed by atoms with Gasteiger partial charge in [-0.15, -0.1) is 0 Å². The van der Waals surface area contributed by atoms with E-state index in [0.29, 0.717) is 19.0 Å². The number of ether oxygens (including phenoxy) is 1. The van der Waals surface area contributed by atoms with E-state index in [4.69, 9.17) is 16.3 Å². The normalized spacial score (nSPS) is 24.7. The molecule has 126 valence electrons. The zero-order valence-corrected chi connectivity index (χ0v) is 14.2. The van der Waals surface area contributed by atoms with E-state index in [9.17, 15) is 9.18 Å². The average molecular weight is 340 g/mol. The maximum absolute atomic E-state index is 14.1. The molecule has 2 atom stereocenters. The Kier molecular flexibility index (Phi) is 5.22. The highest BCUT2D eigenvalue weighted by Crippen LogP contribution is 2.37. The molecule has 1 saturated heterocycles. The van der Waals surface area contributed by atoms with Gasteiger partial charge in [0.2, 0.25) is 0 Å². The van der Waals surface area contributed by atoms with Gasteiger partial charge in [-0.1, -0.05) is 37.4 Å². The Labute approximate surface area is 141 Å². The molecule has 1 amide bonds. The van der Waals surface area contributed by atoms with Gasteiger partial charge >= 0.3 is 0 Å². The number of amides is 1. The lowest BCUT2D eigenvalue weighted by Gasteiger charge is -2.38. The van der Waals surface area contributed by atoms with E-state index in [1.54, 1.807) is 11.0 Å². The monoisotopic (exact) mass is 339 g/mol. The number of carbonyl (C=O) groups excluding carboxylic acids is 1. The van der Waals surface area contributed by atoms with Crippen molar-refractivity contribution in [3.8, 4) is 0 Å². The summed E-state index contributed by atoms with van der Waals surface area (Å²) in [4.78, 5) is 14.5. The summed E-state index contributed by atoms with van der Waals surface area (Å²) in [7, 11) is 0. The Bertz CT molecular complexity index is 556. The van der Waals surface area contributed by atoms with Gasteiger partial charge in [-0.05, 0) is 37.3 Å². The molecule has 23 heavy (non-hydrogen) atoms. The van der Waals surface area contributed by atoms with Crippen LogP contribution in [0.5, 0.6) is 0 Å². The predicted octanol–water partition coefficient (Wildman–Crippen LogP) is 4.29. The lowest BCUT2D eigenvalue weighted by atomic mass is 10.1. The average Bonchev–Trinajstić information content (AvgIpc) is 3.37. The minimum Gasteiger partial charge on any atom is -0.371 e. The predicted molar refractivity (Wildman–Crippen MR) is 88.2 cm³/mol. The number of halogens is 2. The third-order valence-electron chi connectivity index (χ3n) is 4.68. The van der Waals surface area contributed by atoms with Gasteiger partial charge in [-0.2, -0.15) is 0 Å². The number of hydrogen-bond acceptors (Lipinski definition) is 2. The molecule has 3 rings (SSSR count). The summed E-state index contributed by atoms with van der Waals surface area (Å²) in [6.07, 6.45) is 5.56. The number of carbonyl (C=O) groups is 1. The van der Waals surface area contributed by atoms with Crippen LogP contribution < -0.4 is 0 Å². The van der Waals surface area contributed by atoms with Gasteiger partial charge in [0.25, 0.3) is 5.91 Å². The lowest BCUT2D eigenvalue weighted by molar-refractivity contribution is -0.0875. The molecule has 0 spiro atoms. The minimum atomic E-state index is -0.554. The summed E-state index contributed by atoms with van der Waals surface area (Å²) < 4.78 is 20.2. The molecule has 1 aliphatic carbocycles. The Morgan fingerprint density at radius 3 is 2.83 bits per heavy atom. The molecule has 0 N–H and O–H groups in total. The summed E-state index contributed by atoms with van der Waals surface area (Å²) in [5, 5.41) is 0.176. The molecule has 5 heteroatoms. The molecule has 1 aromatic carbocycles. The quantitative estimate of drug-likeness (QED) is 0.801. The topological polar surface area (TPSA) is 29.5 Å². The van der Waals surface area contributed by atoms with Crippen molar-refractivity contribution in [3.63, 3.8) is 0 Å². The molecule has 2 aliphatic rings. The molecule has 1 saturated carbocycles. The van der Waals surface area contributed by atoms with E-state index in [1.807, 2.05) is 0 Å². The number of morpholine rings is 1. The Hall–Kier alpha value is -1.13. The number of hydrogen-bond donors (Lipinski definition) is 0. The summed E-state index contributed by atoms with van der Waals surface area (Å²) in [5.41, 5.74) is -0.0140. The molecule has 1 aliphatic heterocycles. The zero-order valence-electron chi connectivity index (χ0n) is 13.4. The second-order valence-electron chi connectivity index (χ2n) is 6.58. The maximum atomic E-state index is 14.1. The van der Waals surface area contributed by atoms with E-state index in [2.05, 4.69) is 6.92 Å². The maximum Gasteiger partial charge on any atom is 0.258 e. The van der Waals surface area contributed by atoms with Crippen molar-refractivity contribution in [2.45, 2.75) is 51.2 Å². The molecule has 0 unspecified atom stereocenters. The van der Waals surface area contributed by atoms with E-state index in [0.717, 1.165) is 32.1 Å². The summed E-state index contributed by atoms with van der Waals surface area (Å²) in [5.74, 6) is -0.323. The highest BCUT2D eigenvalue weighted by atomic mass is 35.5. The first kappa shape index (κ1) is 16.7. The van der Waals surface area contributed by atoms with Crippen LogP contribution in [-0.4, -0.2) is 36.1 Å². The van der Waals surface area contributed by atoms with Crippen LogP contribution in [-0.2, 0) is 4.74 Å². The molecular formula is C18H23ClFNO2. The van der Waals surface area contributed by atoms with Crippen molar-refractivity contribution in [2.75, 3.05) is 13.1 Å². The SMILES string of the molecule is CCCC[C@@H]1CN(C(=O)c2c(F)cccc2Cl)C[C@H](C2CC2)O1. The van der Waals surface area contributed by atoms with Crippen LogP contribution >= 0.6 is 11.6 Å². The van der Waals surface area contributed by atoms with Crippen LogP contribution in [0, 0.1) is 11.7 Å². The standard InChI is InChI=1S/C18H23ClFNO2/c1-2-3-5-13-10-21(11-16(23-13)12-8-9-12)18(22)17-14(19)6-4-7-15(17)20/h4,6-7,12-13,16H,2-3,5,8-11H2,1H3/t13-,16-/m1/s1. The van der Waals surface area contributed by atoms with Crippen molar-refractivity contribution < 1.29 is 13.9 Å². The third kappa shape index (κ3) is 3.86. The summed E-state index contributed by atoms with van der Waals surface area (Å²) in [6, 6.07) is 4.36. The molecule has 0 aromatic heterocycles. The Morgan fingerprint density at radius 1 is 1.39 bits per heavy atom. The number of unbranched alkanes of at least 4 members (excludes halogenated alkanes) is 1. The zero-order chi connectivity index (χ0) is 16.4. The molecule has 1 heterocycles. The van der Waals surface area contributed by atoms with Crippen LogP contribution in [0.3, 0.4) is 0 Å². The van der Waals surface area contributed by atoms with Gasteiger partial charge in [-0.25, -0.2) is 4.39 Å². The van der Waals surface area contributed by atoms with E-state index in [1.165, 1.54) is 12.1 Å². The largest absolute Gasteiger partial charge is 0.371 e. The van der Waals surface area contributed by atoms with Gasteiger partial charge in [0.15, 0.2) is 0 Å². The Morgan fingerprint density at radius 2 is 2.17 bits per heavy atom. The van der Waals surface area contributed by atoms with Crippen molar-refractivity contribution in [1.82, 2.24) is 4.90 Å². The van der Waals surface area contributed by atoms with Crippen LogP contribution in [0.1, 0.15) is 49.4 Å². The van der Waals surface area contributed by atoms with Crippen molar-refractivity contribution >= 4 is 17.5 Å². The first-order chi connectivity index (χ1) is 11.1. The fourth-order valence-corrected chi connectivity index (χ4v) is 3.46. The van der Waals surface area contributed by atoms with Crippen LogP contribution in [0.2, 0.25) is 5.02 Å². The first-order valence-corrected chi connectivity index (χ1v) is 8.86. The second kappa shape index (κ2) is 7.18. The molecule has 0 bridgehead atoms. The van der Waals surface area contributed by atoms with Gasteiger partial charge < -0.3 is 9.64 Å². The molecule has 2 fully saturated rings. The van der Waals surface area contributed by atoms with E-state index >= 15 is 0 Å². The highest BCUT2D eigenvalue weighted by Gasteiger charge is 2.40. The fourth-order valence-electron chi connectivity index (χ4n) is 3.22. The van der Waals surface area contributed by atoms with Crippen molar-refractivity contribution in [1.29, 1.82) is 0 Å². The number of benzene rings is 1. The number of rotatable bonds is 5. The van der Waals surface area contributed by atoms with Gasteiger partial charge in [0.05, 0.1) is 22.8 Å². The lowest BCUT2D eigenvalue weighted by Crippen LogP contribution is -2.51. The first-order valence-electron chi connectivity index (χ1n) is 8.49. The third-order valence-corrected chi connectivity index (χ3v) is 5.00. The Balaban J connectivity index is 1.77. The van der Waals surface area contributed by atoms with Crippen LogP contribution in [0.4, 0.5) is 4.39 Å². The second-order valence-corrected chi connectivity index (χ2v) is 6.99. The van der Waals surface area contributed by atoms with Crippen molar-refractivity contribution in [3.05, 3.63) is 34.6 Å². The highest BCUT2D eigenvalue weighted by molar-refractivity contribution is 6.33. The minimum absolute atomic E-state index is 0.0140. The number of nitrogens with zero attached hydrogens (tertiary/aromatic N) is 1. The van der Waals surface area contributed by atoms with E-state index < -0.39 is 5.82 Å². The van der Waals surface area contributed by atoms with Crippen LogP contribution in [0.25, 0.3) is 0 Å². The molecule has 3 nitrogen and oxygen atoms in total. The summed E-state index contributed by atoms with van der Waals surface area (Å²) >= 11 is 6.06. The summed E-state index contributed by atoms with van der Waals surface area (Å²) in [6.45, 7) is 3.20. The van der Waals surface area contributed by atoms with E-state index in [-0.39, 0.29) is 28.7 Å². The molecule has 0 radical (unpaired) electrons. The van der Waals surface area contributed by atoms with Gasteiger partial charge in [-0.3, -0.25) is 4.79 Å². The van der Waals surface area contributed by atoms with Crippen LogP contribution in [0.15, 0.2) is 18.2 Å². The van der Waals surface area contributed by atoms with Crippen molar-refractivity contribution in [2.24, 2.45) is 5.92 Å². The fraction of sp³-hybridized carbons (Fsp3) is 0.611.